The first kappa shape index (κ1) is 38.7. The number of nitrogens with zero attached hydrogens (tertiary/aromatic N) is 6. The summed E-state index contributed by atoms with van der Waals surface area (Å²) in [5, 5.41) is 4.34. The number of aryl methyl sites for hydroxylation is 1. The summed E-state index contributed by atoms with van der Waals surface area (Å²) >= 11 is 0. The average molecular weight is 749 g/mol. The minimum atomic E-state index is -0.580. The molecule has 14 heteroatoms. The zero-order chi connectivity index (χ0) is 38.8. The molecule has 3 aromatic rings. The Morgan fingerprint density at radius 2 is 1.37 bits per heavy atom. The van der Waals surface area contributed by atoms with Gasteiger partial charge in [-0.2, -0.15) is 5.10 Å². The number of carbonyl (C=O) groups is 3. The molecule has 54 heavy (non-hydrogen) atoms. The lowest BCUT2D eigenvalue weighted by atomic mass is 10.0. The summed E-state index contributed by atoms with van der Waals surface area (Å²) < 4.78 is 40.3. The lowest BCUT2D eigenvalue weighted by Crippen LogP contribution is -2.50. The van der Waals surface area contributed by atoms with E-state index in [0.29, 0.717) is 94.4 Å². The minimum absolute atomic E-state index is 0.0966. The summed E-state index contributed by atoms with van der Waals surface area (Å²) in [6.07, 6.45) is 4.36. The molecule has 1 atom stereocenters. The molecule has 4 heterocycles. The second kappa shape index (κ2) is 15.8. The van der Waals surface area contributed by atoms with Gasteiger partial charge < -0.3 is 38.5 Å². The highest BCUT2D eigenvalue weighted by atomic mass is 19.1. The van der Waals surface area contributed by atoms with Gasteiger partial charge in [0.15, 0.2) is 0 Å². The zero-order valence-corrected chi connectivity index (χ0v) is 32.5. The molecule has 6 rings (SSSR count). The van der Waals surface area contributed by atoms with Crippen molar-refractivity contribution >= 4 is 23.8 Å². The van der Waals surface area contributed by atoms with E-state index in [-0.39, 0.29) is 30.3 Å². The molecule has 0 aliphatic carbocycles. The van der Waals surface area contributed by atoms with Crippen LogP contribution in [0.25, 0.3) is 11.1 Å². The number of likely N-dealkylation sites (tertiary alicyclic amines) is 2. The number of rotatable bonds is 7. The van der Waals surface area contributed by atoms with Crippen LogP contribution in [-0.2, 0) is 16.5 Å². The molecule has 292 valence electrons. The number of hydrogen-bond donors (Lipinski definition) is 0. The minimum Gasteiger partial charge on any atom is -0.490 e. The highest BCUT2D eigenvalue weighted by Crippen LogP contribution is 2.34. The Morgan fingerprint density at radius 3 is 2.00 bits per heavy atom. The summed E-state index contributed by atoms with van der Waals surface area (Å²) in [7, 11) is 1.83. The van der Waals surface area contributed by atoms with Gasteiger partial charge >= 0.3 is 12.2 Å². The second-order valence-corrected chi connectivity index (χ2v) is 16.3. The molecule has 13 nitrogen and oxygen atoms in total. The normalized spacial score (nSPS) is 18.5. The molecule has 3 aliphatic heterocycles. The first-order chi connectivity index (χ1) is 25.5. The Balaban J connectivity index is 1.05. The molecule has 0 radical (unpaired) electrons. The maximum atomic E-state index is 14.8. The maximum Gasteiger partial charge on any atom is 0.410 e. The van der Waals surface area contributed by atoms with E-state index in [0.717, 1.165) is 11.1 Å². The van der Waals surface area contributed by atoms with Crippen molar-refractivity contribution < 1.29 is 37.7 Å². The van der Waals surface area contributed by atoms with Crippen LogP contribution in [0.15, 0.2) is 48.8 Å². The van der Waals surface area contributed by atoms with Crippen molar-refractivity contribution in [1.29, 1.82) is 0 Å². The van der Waals surface area contributed by atoms with Crippen molar-refractivity contribution in [3.63, 3.8) is 0 Å². The Bertz CT molecular complexity index is 1820. The molecule has 3 saturated heterocycles. The van der Waals surface area contributed by atoms with Crippen LogP contribution >= 0.6 is 0 Å². The summed E-state index contributed by atoms with van der Waals surface area (Å²) in [6.45, 7) is 15.0. The fraction of sp³-hybridized carbons (Fsp3) is 0.550. The smallest absolute Gasteiger partial charge is 0.410 e. The van der Waals surface area contributed by atoms with E-state index in [1.807, 2.05) is 82.8 Å². The van der Waals surface area contributed by atoms with Crippen molar-refractivity contribution in [2.75, 3.05) is 57.3 Å². The summed E-state index contributed by atoms with van der Waals surface area (Å²) in [5.41, 5.74) is 1.65. The molecule has 3 fully saturated rings. The van der Waals surface area contributed by atoms with Crippen LogP contribution < -0.4 is 14.4 Å². The number of piperazine rings is 1. The van der Waals surface area contributed by atoms with Gasteiger partial charge in [-0.05, 0) is 65.8 Å². The van der Waals surface area contributed by atoms with Gasteiger partial charge in [0, 0.05) is 113 Å². The molecular formula is C40H53FN6O7. The van der Waals surface area contributed by atoms with E-state index >= 15 is 0 Å². The van der Waals surface area contributed by atoms with E-state index in [9.17, 15) is 18.8 Å². The Kier molecular flexibility index (Phi) is 11.3. The highest BCUT2D eigenvalue weighted by molar-refractivity contribution is 5.96. The van der Waals surface area contributed by atoms with Crippen LogP contribution in [0.5, 0.6) is 11.5 Å². The number of piperidine rings is 1. The van der Waals surface area contributed by atoms with Gasteiger partial charge in [-0.15, -0.1) is 0 Å². The van der Waals surface area contributed by atoms with Gasteiger partial charge in [-0.1, -0.05) is 0 Å². The zero-order valence-electron chi connectivity index (χ0n) is 32.5. The second-order valence-electron chi connectivity index (χ2n) is 16.3. The molecule has 1 aromatic heterocycles. The van der Waals surface area contributed by atoms with E-state index in [1.54, 1.807) is 26.7 Å². The average Bonchev–Trinajstić information content (AvgIpc) is 3.76. The highest BCUT2D eigenvalue weighted by Gasteiger charge is 2.32. The van der Waals surface area contributed by atoms with Gasteiger partial charge in [0.05, 0.1) is 12.7 Å². The molecule has 0 N–H and O–H groups in total. The number of aromatic nitrogens is 2. The summed E-state index contributed by atoms with van der Waals surface area (Å²) in [5.74, 6) is 0.565. The number of ether oxygens (including phenoxy) is 4. The predicted octanol–water partition coefficient (Wildman–Crippen LogP) is 6.36. The van der Waals surface area contributed by atoms with Crippen LogP contribution in [0.2, 0.25) is 0 Å². The quantitative estimate of drug-likeness (QED) is 0.272. The molecule has 3 amide bonds. The number of amides is 3. The number of hydrogen-bond acceptors (Lipinski definition) is 9. The number of benzene rings is 2. The molecule has 0 saturated carbocycles. The third kappa shape index (κ3) is 9.94. The van der Waals surface area contributed by atoms with Crippen LogP contribution in [0, 0.1) is 5.82 Å². The Hall–Kier alpha value is -5.01. The number of halogens is 1. The largest absolute Gasteiger partial charge is 0.490 e. The van der Waals surface area contributed by atoms with Crippen molar-refractivity contribution in [2.45, 2.75) is 84.2 Å². The van der Waals surface area contributed by atoms with E-state index in [2.05, 4.69) is 5.10 Å². The topological polar surface area (TPSA) is 119 Å². The summed E-state index contributed by atoms with van der Waals surface area (Å²) in [6, 6.07) is 10.2. The predicted molar refractivity (Wildman–Crippen MR) is 201 cm³/mol. The lowest BCUT2D eigenvalue weighted by molar-refractivity contribution is 0.0237. The third-order valence-electron chi connectivity index (χ3n) is 9.52. The molecular weight excluding hydrogens is 695 g/mol. The number of anilines is 1. The van der Waals surface area contributed by atoms with Gasteiger partial charge in [-0.25, -0.2) is 14.0 Å². The first-order valence-electron chi connectivity index (χ1n) is 18.8. The van der Waals surface area contributed by atoms with Crippen LogP contribution in [0.3, 0.4) is 0 Å². The van der Waals surface area contributed by atoms with Crippen molar-refractivity contribution in [1.82, 2.24) is 24.5 Å². The number of carbonyl (C=O) groups excluding carboxylic acids is 3. The van der Waals surface area contributed by atoms with Crippen molar-refractivity contribution in [2.24, 2.45) is 7.05 Å². The van der Waals surface area contributed by atoms with Crippen LogP contribution in [-0.4, -0.2) is 118 Å². The van der Waals surface area contributed by atoms with E-state index in [4.69, 9.17) is 18.9 Å². The SMILES string of the molecule is Cn1cc(-c2cc(C(=O)N3CCC(Oc4cc(F)cc(N5CCN(C(=O)OC(C)(C)C)CC5)c4)CC3)ccc2O[C@H]2CCN(C(=O)OC(C)(C)C)C2)cn1. The molecule has 0 spiro atoms. The lowest BCUT2D eigenvalue weighted by Gasteiger charge is -2.37. The van der Waals surface area contributed by atoms with E-state index in [1.165, 1.54) is 12.1 Å². The maximum absolute atomic E-state index is 14.8. The fourth-order valence-electron chi connectivity index (χ4n) is 6.87. The van der Waals surface area contributed by atoms with Crippen molar-refractivity contribution in [3.8, 4) is 22.6 Å². The van der Waals surface area contributed by atoms with Gasteiger partial charge in [0.1, 0.15) is 40.7 Å². The summed E-state index contributed by atoms with van der Waals surface area (Å²) in [4.78, 5) is 46.1. The van der Waals surface area contributed by atoms with Gasteiger partial charge in [0.25, 0.3) is 5.91 Å². The standard InChI is InChI=1S/C40H53FN6O7/c1-39(2,3)53-37(49)46-18-16-44(17-19-46)30-21-29(41)22-33(23-30)51-31-10-13-45(14-11-31)36(48)27-8-9-35(34(20-27)28-24-42-43(7)25-28)52-32-12-15-47(26-32)38(50)54-40(4,5)6/h8-9,20-25,31-32H,10-19,26H2,1-7H3/t32-/m0/s1. The van der Waals surface area contributed by atoms with Gasteiger partial charge in [0.2, 0.25) is 0 Å². The Labute approximate surface area is 316 Å². The third-order valence-corrected chi connectivity index (χ3v) is 9.52. The molecule has 0 bridgehead atoms. The fourth-order valence-corrected chi connectivity index (χ4v) is 6.87. The van der Waals surface area contributed by atoms with Crippen LogP contribution in [0.4, 0.5) is 19.7 Å². The molecule has 3 aliphatic rings. The Morgan fingerprint density at radius 1 is 0.741 bits per heavy atom. The monoisotopic (exact) mass is 748 g/mol. The molecule has 0 unspecified atom stereocenters. The van der Waals surface area contributed by atoms with Gasteiger partial charge in [-0.3, -0.25) is 9.48 Å². The molecule has 2 aromatic carbocycles. The van der Waals surface area contributed by atoms with Crippen LogP contribution in [0.1, 0.15) is 71.2 Å². The van der Waals surface area contributed by atoms with Crippen molar-refractivity contribution in [3.05, 3.63) is 60.2 Å². The van der Waals surface area contributed by atoms with E-state index < -0.39 is 17.0 Å². The first-order valence-corrected chi connectivity index (χ1v) is 18.8.